The lowest BCUT2D eigenvalue weighted by Crippen LogP contribution is -2.57. The summed E-state index contributed by atoms with van der Waals surface area (Å²) in [5.74, 6) is -0.0163. The minimum Gasteiger partial charge on any atom is -0.368 e. The highest BCUT2D eigenvalue weighted by atomic mass is 16.1. The number of hydrogen-bond acceptors (Lipinski definition) is 5. The molecule has 2 fully saturated rings. The van der Waals surface area contributed by atoms with E-state index in [9.17, 15) is 4.79 Å². The number of aryl methyl sites for hydroxylation is 1. The van der Waals surface area contributed by atoms with E-state index in [1.807, 2.05) is 25.1 Å². The minimum atomic E-state index is -0.345. The van der Waals surface area contributed by atoms with Gasteiger partial charge in [0, 0.05) is 48.3 Å². The molecule has 1 saturated heterocycles. The first-order valence-corrected chi connectivity index (χ1v) is 10.5. The number of fused-ring (bicyclic) bond motifs is 1. The monoisotopic (exact) mass is 401 g/mol. The molecule has 1 amide bonds. The van der Waals surface area contributed by atoms with Crippen LogP contribution in [-0.4, -0.2) is 54.0 Å². The lowest BCUT2D eigenvalue weighted by Gasteiger charge is -2.44. The van der Waals surface area contributed by atoms with Gasteiger partial charge in [0.15, 0.2) is 0 Å². The molecular weight excluding hydrogens is 374 g/mol. The zero-order valence-corrected chi connectivity index (χ0v) is 17.7. The smallest absolute Gasteiger partial charge is 0.252 e. The van der Waals surface area contributed by atoms with Crippen LogP contribution in [0.15, 0.2) is 48.8 Å². The van der Waals surface area contributed by atoms with E-state index in [1.54, 1.807) is 12.4 Å². The third-order valence-corrected chi connectivity index (χ3v) is 6.54. The topological polar surface area (TPSA) is 61.4 Å². The molecule has 0 atom stereocenters. The van der Waals surface area contributed by atoms with Gasteiger partial charge in [-0.3, -0.25) is 14.8 Å². The van der Waals surface area contributed by atoms with E-state index in [-0.39, 0.29) is 11.4 Å². The molecule has 0 bridgehead atoms. The third kappa shape index (κ3) is 3.21. The van der Waals surface area contributed by atoms with Crippen molar-refractivity contribution in [1.29, 1.82) is 0 Å². The van der Waals surface area contributed by atoms with Crippen LogP contribution in [-0.2, 0) is 5.54 Å². The summed E-state index contributed by atoms with van der Waals surface area (Å²) in [6.45, 7) is 3.99. The predicted octanol–water partition coefficient (Wildman–Crippen LogP) is 3.11. The number of nitrogens with zero attached hydrogens (tertiary/aromatic N) is 4. The van der Waals surface area contributed by atoms with E-state index >= 15 is 0 Å². The van der Waals surface area contributed by atoms with E-state index in [0.717, 1.165) is 59.3 Å². The first-order chi connectivity index (χ1) is 14.5. The van der Waals surface area contributed by atoms with Crippen LogP contribution in [0.5, 0.6) is 0 Å². The molecule has 2 aromatic carbocycles. The number of rotatable bonds is 5. The first-order valence-electron chi connectivity index (χ1n) is 10.5. The maximum absolute atomic E-state index is 13.3. The molecule has 154 valence electrons. The van der Waals surface area contributed by atoms with E-state index in [2.05, 4.69) is 57.4 Å². The molecule has 6 heteroatoms. The van der Waals surface area contributed by atoms with Crippen LogP contribution in [0.4, 0.5) is 5.69 Å². The summed E-state index contributed by atoms with van der Waals surface area (Å²) in [6.07, 6.45) is 5.26. The summed E-state index contributed by atoms with van der Waals surface area (Å²) < 4.78 is 0. The van der Waals surface area contributed by atoms with Gasteiger partial charge in [0.2, 0.25) is 0 Å². The number of carbonyl (C=O) groups excluding carboxylic acids is 1. The van der Waals surface area contributed by atoms with Gasteiger partial charge in [-0.1, -0.05) is 18.2 Å². The lowest BCUT2D eigenvalue weighted by molar-refractivity contribution is 0.0930. The summed E-state index contributed by atoms with van der Waals surface area (Å²) >= 11 is 0. The Labute approximate surface area is 176 Å². The SMILES string of the molecule is Cc1ccc(N2CC(N(C)C)C2)cc1C(=O)NC1(c2cccc3nccnc23)CC1. The standard InChI is InChI=1S/C24H27N5O/c1-16-7-8-17(29-14-18(15-29)28(2)3)13-19(16)23(30)27-24(9-10-24)20-5-4-6-21-22(20)26-12-11-25-21/h4-8,11-13,18H,9-10,14-15H2,1-3H3,(H,27,30). The fraction of sp³-hybridized carbons (Fsp3) is 0.375. The van der Waals surface area contributed by atoms with Gasteiger partial charge in [0.05, 0.1) is 16.6 Å². The fourth-order valence-electron chi connectivity index (χ4n) is 4.29. The minimum absolute atomic E-state index is 0.0163. The molecule has 1 N–H and O–H groups in total. The van der Waals surface area contributed by atoms with Gasteiger partial charge >= 0.3 is 0 Å². The van der Waals surface area contributed by atoms with Gasteiger partial charge in [0.25, 0.3) is 5.91 Å². The van der Waals surface area contributed by atoms with Crippen molar-refractivity contribution in [2.75, 3.05) is 32.1 Å². The zero-order valence-electron chi connectivity index (χ0n) is 17.7. The number of carbonyl (C=O) groups is 1. The van der Waals surface area contributed by atoms with Crippen molar-refractivity contribution in [3.63, 3.8) is 0 Å². The Bertz CT molecular complexity index is 1110. The quantitative estimate of drug-likeness (QED) is 0.712. The molecule has 2 heterocycles. The van der Waals surface area contributed by atoms with Crippen molar-refractivity contribution in [2.24, 2.45) is 0 Å². The molecule has 3 aromatic rings. The molecule has 0 unspecified atom stereocenters. The molecule has 1 aliphatic carbocycles. The number of nitrogens with one attached hydrogen (secondary N) is 1. The van der Waals surface area contributed by atoms with Crippen molar-refractivity contribution in [3.05, 3.63) is 65.5 Å². The van der Waals surface area contributed by atoms with Gasteiger partial charge in [-0.25, -0.2) is 0 Å². The van der Waals surface area contributed by atoms with E-state index in [4.69, 9.17) is 0 Å². The number of hydrogen-bond donors (Lipinski definition) is 1. The van der Waals surface area contributed by atoms with Crippen molar-refractivity contribution >= 4 is 22.6 Å². The molecule has 5 rings (SSSR count). The van der Waals surface area contributed by atoms with Crippen LogP contribution in [0.3, 0.4) is 0 Å². The molecule has 1 aromatic heterocycles. The van der Waals surface area contributed by atoms with E-state index in [1.165, 1.54) is 0 Å². The fourth-order valence-corrected chi connectivity index (χ4v) is 4.29. The first kappa shape index (κ1) is 19.0. The summed E-state index contributed by atoms with van der Waals surface area (Å²) in [5, 5.41) is 3.33. The van der Waals surface area contributed by atoms with Gasteiger partial charge < -0.3 is 15.1 Å². The van der Waals surface area contributed by atoms with Crippen molar-refractivity contribution in [1.82, 2.24) is 20.2 Å². The second-order valence-electron chi connectivity index (χ2n) is 8.79. The van der Waals surface area contributed by atoms with Crippen LogP contribution in [0.2, 0.25) is 0 Å². The van der Waals surface area contributed by atoms with Crippen molar-refractivity contribution in [2.45, 2.75) is 31.3 Å². The Morgan fingerprint density at radius 3 is 2.63 bits per heavy atom. The molecule has 0 radical (unpaired) electrons. The van der Waals surface area contributed by atoms with Crippen LogP contribution in [0, 0.1) is 6.92 Å². The number of benzene rings is 2. The second kappa shape index (κ2) is 7.06. The van der Waals surface area contributed by atoms with E-state index < -0.39 is 0 Å². The number of likely N-dealkylation sites (N-methyl/N-ethyl adjacent to an activating group) is 1. The Balaban J connectivity index is 1.40. The highest BCUT2D eigenvalue weighted by Gasteiger charge is 2.47. The number of anilines is 1. The summed E-state index contributed by atoms with van der Waals surface area (Å²) in [4.78, 5) is 26.8. The molecule has 1 saturated carbocycles. The molecular formula is C24H27N5O. The molecule has 0 spiro atoms. The number of amides is 1. The van der Waals surface area contributed by atoms with E-state index in [0.29, 0.717) is 6.04 Å². The Hall–Kier alpha value is -2.99. The largest absolute Gasteiger partial charge is 0.368 e. The normalized spacial score (nSPS) is 17.8. The van der Waals surface area contributed by atoms with Crippen molar-refractivity contribution in [3.8, 4) is 0 Å². The van der Waals surface area contributed by atoms with Crippen LogP contribution in [0.1, 0.15) is 34.3 Å². The molecule has 30 heavy (non-hydrogen) atoms. The zero-order chi connectivity index (χ0) is 20.9. The molecule has 6 nitrogen and oxygen atoms in total. The highest BCUT2D eigenvalue weighted by Crippen LogP contribution is 2.47. The average molecular weight is 402 g/mol. The second-order valence-corrected chi connectivity index (χ2v) is 8.79. The van der Waals surface area contributed by atoms with Crippen LogP contribution in [0.25, 0.3) is 11.0 Å². The summed E-state index contributed by atoms with van der Waals surface area (Å²) in [5.41, 5.74) is 5.31. The van der Waals surface area contributed by atoms with Gasteiger partial charge in [-0.05, 0) is 57.6 Å². The number of para-hydroxylation sites is 1. The Morgan fingerprint density at radius 2 is 1.90 bits per heavy atom. The molecule has 2 aliphatic rings. The van der Waals surface area contributed by atoms with Gasteiger partial charge in [0.1, 0.15) is 0 Å². The van der Waals surface area contributed by atoms with Gasteiger partial charge in [-0.2, -0.15) is 0 Å². The summed E-state index contributed by atoms with van der Waals surface area (Å²) in [7, 11) is 4.23. The maximum atomic E-state index is 13.3. The highest BCUT2D eigenvalue weighted by molar-refractivity contribution is 5.98. The Morgan fingerprint density at radius 1 is 1.13 bits per heavy atom. The lowest BCUT2D eigenvalue weighted by atomic mass is 10.00. The maximum Gasteiger partial charge on any atom is 0.252 e. The van der Waals surface area contributed by atoms with Crippen molar-refractivity contribution < 1.29 is 4.79 Å². The van der Waals surface area contributed by atoms with Crippen LogP contribution < -0.4 is 10.2 Å². The Kier molecular flexibility index (Phi) is 4.47. The predicted molar refractivity (Wildman–Crippen MR) is 119 cm³/mol. The summed E-state index contributed by atoms with van der Waals surface area (Å²) in [6, 6.07) is 12.8. The van der Waals surface area contributed by atoms with Crippen LogP contribution >= 0.6 is 0 Å². The van der Waals surface area contributed by atoms with Gasteiger partial charge in [-0.15, -0.1) is 0 Å². The third-order valence-electron chi connectivity index (χ3n) is 6.54. The number of aromatic nitrogens is 2. The average Bonchev–Trinajstić information content (AvgIpc) is 3.47. The molecule has 1 aliphatic heterocycles.